The second-order valence-electron chi connectivity index (χ2n) is 3.52. The van der Waals surface area contributed by atoms with Crippen molar-refractivity contribution >= 4 is 5.91 Å². The topological polar surface area (TPSA) is 42.0 Å². The van der Waals surface area contributed by atoms with Crippen LogP contribution in [0.5, 0.6) is 0 Å². The Morgan fingerprint density at radius 3 is 3.14 bits per heavy atom. The predicted octanol–water partition coefficient (Wildman–Crippen LogP) is 1.34. The smallest absolute Gasteiger partial charge is 0.270 e. The minimum atomic E-state index is -0.0591. The molecule has 1 aliphatic carbocycles. The standard InChI is InChI=1S/C11H13N2O/c1-2-8-4-3-5-10(12-8)11(14)13-9-6-7-9/h3,5,9H,2,6-7H2,1H3,(H,13,14). The van der Waals surface area contributed by atoms with Gasteiger partial charge < -0.3 is 5.32 Å². The Bertz CT molecular complexity index is 345. The second kappa shape index (κ2) is 3.78. The van der Waals surface area contributed by atoms with E-state index in [1.807, 2.05) is 6.92 Å². The predicted molar refractivity (Wildman–Crippen MR) is 52.9 cm³/mol. The summed E-state index contributed by atoms with van der Waals surface area (Å²) in [7, 11) is 0. The first kappa shape index (κ1) is 9.19. The second-order valence-corrected chi connectivity index (χ2v) is 3.52. The average Bonchev–Trinajstić information content (AvgIpc) is 3.02. The van der Waals surface area contributed by atoms with Crippen molar-refractivity contribution in [1.29, 1.82) is 0 Å². The van der Waals surface area contributed by atoms with Crippen molar-refractivity contribution in [3.63, 3.8) is 0 Å². The van der Waals surface area contributed by atoms with Crippen LogP contribution in [0.15, 0.2) is 12.1 Å². The lowest BCUT2D eigenvalue weighted by atomic mass is 10.2. The first-order valence-electron chi connectivity index (χ1n) is 4.98. The lowest BCUT2D eigenvalue weighted by molar-refractivity contribution is 0.0946. The Labute approximate surface area is 83.5 Å². The van der Waals surface area contributed by atoms with Crippen molar-refractivity contribution in [2.24, 2.45) is 0 Å². The summed E-state index contributed by atoms with van der Waals surface area (Å²) in [5, 5.41) is 2.91. The van der Waals surface area contributed by atoms with E-state index in [0.717, 1.165) is 25.0 Å². The normalized spacial score (nSPS) is 15.2. The number of aromatic nitrogens is 1. The van der Waals surface area contributed by atoms with Crippen molar-refractivity contribution in [2.75, 3.05) is 0 Å². The van der Waals surface area contributed by atoms with Crippen molar-refractivity contribution in [2.45, 2.75) is 32.2 Å². The van der Waals surface area contributed by atoms with Gasteiger partial charge >= 0.3 is 0 Å². The number of amides is 1. The summed E-state index contributed by atoms with van der Waals surface area (Å²) in [4.78, 5) is 15.8. The van der Waals surface area contributed by atoms with Gasteiger partial charge in [-0.2, -0.15) is 0 Å². The molecule has 2 rings (SSSR count). The van der Waals surface area contributed by atoms with Crippen LogP contribution < -0.4 is 5.32 Å². The molecule has 1 aromatic heterocycles. The maximum Gasteiger partial charge on any atom is 0.270 e. The summed E-state index contributed by atoms with van der Waals surface area (Å²) < 4.78 is 0. The molecule has 0 unspecified atom stereocenters. The van der Waals surface area contributed by atoms with Gasteiger partial charge in [0.1, 0.15) is 5.69 Å². The molecule has 1 fully saturated rings. The third-order valence-corrected chi connectivity index (χ3v) is 2.23. The fourth-order valence-corrected chi connectivity index (χ4v) is 1.23. The molecule has 3 nitrogen and oxygen atoms in total. The summed E-state index contributed by atoms with van der Waals surface area (Å²) >= 11 is 0. The molecule has 1 radical (unpaired) electrons. The third kappa shape index (κ3) is 2.10. The summed E-state index contributed by atoms with van der Waals surface area (Å²) in [6.45, 7) is 2.00. The summed E-state index contributed by atoms with van der Waals surface area (Å²) in [6, 6.07) is 6.84. The molecule has 0 atom stereocenters. The minimum Gasteiger partial charge on any atom is -0.348 e. The molecule has 1 amide bonds. The SMILES string of the molecule is CCc1[c]ccc(C(=O)NC2CC2)n1. The van der Waals surface area contributed by atoms with Gasteiger partial charge in [0, 0.05) is 17.8 Å². The van der Waals surface area contributed by atoms with Crippen molar-refractivity contribution in [3.05, 3.63) is 29.6 Å². The molecular weight excluding hydrogens is 176 g/mol. The van der Waals surface area contributed by atoms with Crippen molar-refractivity contribution in [1.82, 2.24) is 10.3 Å². The van der Waals surface area contributed by atoms with E-state index in [1.165, 1.54) is 0 Å². The maximum absolute atomic E-state index is 11.6. The number of nitrogens with one attached hydrogen (secondary N) is 1. The van der Waals surface area contributed by atoms with E-state index in [4.69, 9.17) is 0 Å². The number of rotatable bonds is 3. The van der Waals surface area contributed by atoms with E-state index in [0.29, 0.717) is 11.7 Å². The van der Waals surface area contributed by atoms with E-state index < -0.39 is 0 Å². The number of nitrogens with zero attached hydrogens (tertiary/aromatic N) is 1. The lowest BCUT2D eigenvalue weighted by Crippen LogP contribution is -2.26. The Morgan fingerprint density at radius 2 is 2.50 bits per heavy atom. The molecule has 3 heteroatoms. The van der Waals surface area contributed by atoms with Gasteiger partial charge in [0.05, 0.1) is 0 Å². The van der Waals surface area contributed by atoms with Gasteiger partial charge in [-0.15, -0.1) is 0 Å². The van der Waals surface area contributed by atoms with E-state index in [2.05, 4.69) is 16.4 Å². The highest BCUT2D eigenvalue weighted by Crippen LogP contribution is 2.19. The molecule has 0 spiro atoms. The number of pyridine rings is 1. The summed E-state index contributed by atoms with van der Waals surface area (Å²) in [6.07, 6.45) is 3.02. The van der Waals surface area contributed by atoms with Crippen molar-refractivity contribution in [3.8, 4) is 0 Å². The van der Waals surface area contributed by atoms with Crippen LogP contribution in [0.25, 0.3) is 0 Å². The summed E-state index contributed by atoms with van der Waals surface area (Å²) in [5.74, 6) is -0.0591. The van der Waals surface area contributed by atoms with E-state index in [-0.39, 0.29) is 5.91 Å². The zero-order valence-electron chi connectivity index (χ0n) is 8.21. The lowest BCUT2D eigenvalue weighted by Gasteiger charge is -2.03. The van der Waals surface area contributed by atoms with Gasteiger partial charge in [-0.05, 0) is 25.3 Å². The number of hydrogen-bond acceptors (Lipinski definition) is 2. The molecule has 0 saturated heterocycles. The molecule has 0 bridgehead atoms. The largest absolute Gasteiger partial charge is 0.348 e. The quantitative estimate of drug-likeness (QED) is 0.779. The van der Waals surface area contributed by atoms with Gasteiger partial charge in [0.25, 0.3) is 5.91 Å². The Morgan fingerprint density at radius 1 is 1.71 bits per heavy atom. The first-order valence-corrected chi connectivity index (χ1v) is 4.98. The van der Waals surface area contributed by atoms with Crippen LogP contribution >= 0.6 is 0 Å². The Kier molecular flexibility index (Phi) is 2.48. The van der Waals surface area contributed by atoms with Crippen LogP contribution in [0.4, 0.5) is 0 Å². The highest BCUT2D eigenvalue weighted by Gasteiger charge is 2.24. The van der Waals surface area contributed by atoms with E-state index in [9.17, 15) is 4.79 Å². The van der Waals surface area contributed by atoms with Crippen LogP contribution in [-0.4, -0.2) is 16.9 Å². The monoisotopic (exact) mass is 189 g/mol. The number of carbonyl (C=O) groups is 1. The fraction of sp³-hybridized carbons (Fsp3) is 0.455. The molecule has 0 aliphatic heterocycles. The van der Waals surface area contributed by atoms with Crippen LogP contribution in [0, 0.1) is 6.07 Å². The maximum atomic E-state index is 11.6. The van der Waals surface area contributed by atoms with Crippen LogP contribution in [0.1, 0.15) is 35.9 Å². The van der Waals surface area contributed by atoms with Gasteiger partial charge in [-0.25, -0.2) is 4.98 Å². The molecule has 1 aliphatic rings. The van der Waals surface area contributed by atoms with Crippen molar-refractivity contribution < 1.29 is 4.79 Å². The van der Waals surface area contributed by atoms with Gasteiger partial charge in [0.15, 0.2) is 0 Å². The molecule has 0 aromatic carbocycles. The molecular formula is C11H13N2O. The zero-order chi connectivity index (χ0) is 9.97. The third-order valence-electron chi connectivity index (χ3n) is 2.23. The highest BCUT2D eigenvalue weighted by molar-refractivity contribution is 5.92. The minimum absolute atomic E-state index is 0.0591. The fourth-order valence-electron chi connectivity index (χ4n) is 1.23. The number of carbonyl (C=O) groups excluding carboxylic acids is 1. The van der Waals surface area contributed by atoms with E-state index >= 15 is 0 Å². The molecule has 73 valence electrons. The Hall–Kier alpha value is -1.38. The molecule has 1 heterocycles. The van der Waals surface area contributed by atoms with Gasteiger partial charge in [-0.3, -0.25) is 4.79 Å². The number of aryl methyl sites for hydroxylation is 1. The Balaban J connectivity index is 2.09. The molecule has 14 heavy (non-hydrogen) atoms. The van der Waals surface area contributed by atoms with Crippen LogP contribution in [0.3, 0.4) is 0 Å². The number of hydrogen-bond donors (Lipinski definition) is 1. The van der Waals surface area contributed by atoms with Gasteiger partial charge in [0.2, 0.25) is 0 Å². The average molecular weight is 189 g/mol. The molecule has 1 saturated carbocycles. The van der Waals surface area contributed by atoms with Crippen LogP contribution in [0.2, 0.25) is 0 Å². The molecule has 1 aromatic rings. The van der Waals surface area contributed by atoms with E-state index in [1.54, 1.807) is 12.1 Å². The zero-order valence-corrected chi connectivity index (χ0v) is 8.21. The van der Waals surface area contributed by atoms with Gasteiger partial charge in [-0.1, -0.05) is 13.0 Å². The highest BCUT2D eigenvalue weighted by atomic mass is 16.2. The van der Waals surface area contributed by atoms with Crippen LogP contribution in [-0.2, 0) is 6.42 Å². The first-order chi connectivity index (χ1) is 6.79. The summed E-state index contributed by atoms with van der Waals surface area (Å²) in [5.41, 5.74) is 1.35. The molecule has 1 N–H and O–H groups in total.